The van der Waals surface area contributed by atoms with Crippen molar-refractivity contribution in [3.63, 3.8) is 0 Å². The molecule has 0 radical (unpaired) electrons. The molecule has 98 valence electrons. The van der Waals surface area contributed by atoms with Crippen molar-refractivity contribution in [1.82, 2.24) is 5.32 Å². The van der Waals surface area contributed by atoms with Crippen LogP contribution in [0.15, 0.2) is 0 Å². The van der Waals surface area contributed by atoms with Crippen LogP contribution in [0.2, 0.25) is 0 Å². The molecule has 4 heteroatoms. The van der Waals surface area contributed by atoms with Gasteiger partial charge < -0.3 is 10.1 Å². The molecule has 1 atom stereocenters. The zero-order valence-electron chi connectivity index (χ0n) is 10.7. The third kappa shape index (κ3) is 6.01. The highest BCUT2D eigenvalue weighted by Crippen LogP contribution is 2.20. The Bertz CT molecular complexity index is 256. The lowest BCUT2D eigenvalue weighted by Gasteiger charge is -2.20. The van der Waals surface area contributed by atoms with Crippen molar-refractivity contribution in [2.24, 2.45) is 5.92 Å². The molecule has 17 heavy (non-hydrogen) atoms. The number of unbranched alkanes of at least 4 members (excludes halogenated alkanes) is 2. The number of rotatable bonds is 6. The molecule has 1 aliphatic rings. The van der Waals surface area contributed by atoms with E-state index >= 15 is 0 Å². The van der Waals surface area contributed by atoms with E-state index in [0.717, 1.165) is 32.2 Å². The Morgan fingerprint density at radius 3 is 3.00 bits per heavy atom. The summed E-state index contributed by atoms with van der Waals surface area (Å²) in [6, 6.07) is 0. The van der Waals surface area contributed by atoms with Crippen molar-refractivity contribution >= 4 is 23.2 Å². The zero-order chi connectivity index (χ0) is 12.5. The number of carbonyl (C=O) groups is 1. The fraction of sp³-hybridized carbons (Fsp3) is 0.846. The van der Waals surface area contributed by atoms with Gasteiger partial charge >= 0.3 is 0 Å². The van der Waals surface area contributed by atoms with E-state index in [-0.39, 0.29) is 5.92 Å². The molecule has 0 aromatic heterocycles. The maximum absolute atomic E-state index is 11.6. The molecule has 1 saturated carbocycles. The number of nitrogens with one attached hydrogen (secondary N) is 1. The molecule has 0 bridgehead atoms. The predicted octanol–water partition coefficient (Wildman–Crippen LogP) is 2.83. The number of carbonyl (C=O) groups excluding carboxylic acids is 1. The SMILES string of the molecule is CCCCCNC(=S)OCC1CCCCC1=O. The van der Waals surface area contributed by atoms with Crippen LogP contribution in [-0.4, -0.2) is 24.1 Å². The minimum Gasteiger partial charge on any atom is -0.470 e. The molecule has 0 aliphatic heterocycles. The standard InChI is InChI=1S/C13H23NO2S/c1-2-3-6-9-14-13(17)16-10-11-7-4-5-8-12(11)15/h11H,2-10H2,1H3,(H,14,17). The molecule has 1 unspecified atom stereocenters. The molecule has 0 aromatic carbocycles. The highest BCUT2D eigenvalue weighted by molar-refractivity contribution is 7.80. The quantitative estimate of drug-likeness (QED) is 0.586. The van der Waals surface area contributed by atoms with E-state index in [1.807, 2.05) is 0 Å². The van der Waals surface area contributed by atoms with Crippen molar-refractivity contribution in [3.8, 4) is 0 Å². The topological polar surface area (TPSA) is 38.3 Å². The third-order valence-corrected chi connectivity index (χ3v) is 3.41. The number of ether oxygens (including phenoxy) is 1. The molecule has 1 N–H and O–H groups in total. The van der Waals surface area contributed by atoms with E-state index < -0.39 is 0 Å². The van der Waals surface area contributed by atoms with Gasteiger partial charge in [-0.15, -0.1) is 0 Å². The minimum atomic E-state index is 0.0686. The average Bonchev–Trinajstić information content (AvgIpc) is 2.34. The highest BCUT2D eigenvalue weighted by atomic mass is 32.1. The van der Waals surface area contributed by atoms with Gasteiger partial charge in [0.15, 0.2) is 0 Å². The number of hydrogen-bond acceptors (Lipinski definition) is 3. The van der Waals surface area contributed by atoms with Crippen molar-refractivity contribution < 1.29 is 9.53 Å². The fourth-order valence-corrected chi connectivity index (χ4v) is 2.19. The van der Waals surface area contributed by atoms with Crippen molar-refractivity contribution in [2.45, 2.75) is 51.9 Å². The maximum Gasteiger partial charge on any atom is 0.256 e. The zero-order valence-corrected chi connectivity index (χ0v) is 11.5. The van der Waals surface area contributed by atoms with Crippen molar-refractivity contribution in [3.05, 3.63) is 0 Å². The summed E-state index contributed by atoms with van der Waals surface area (Å²) in [5.74, 6) is 0.407. The molecule has 1 fully saturated rings. The van der Waals surface area contributed by atoms with Crippen LogP contribution in [-0.2, 0) is 9.53 Å². The van der Waals surface area contributed by atoms with Gasteiger partial charge in [0.05, 0.1) is 5.92 Å². The van der Waals surface area contributed by atoms with Gasteiger partial charge in [0.2, 0.25) is 0 Å². The largest absolute Gasteiger partial charge is 0.470 e. The van der Waals surface area contributed by atoms with E-state index in [0.29, 0.717) is 24.0 Å². The van der Waals surface area contributed by atoms with E-state index in [2.05, 4.69) is 12.2 Å². The van der Waals surface area contributed by atoms with Crippen LogP contribution < -0.4 is 5.32 Å². The van der Waals surface area contributed by atoms with Crippen LogP contribution in [0.3, 0.4) is 0 Å². The molecule has 0 aromatic rings. The molecule has 0 heterocycles. The van der Waals surface area contributed by atoms with E-state index in [1.54, 1.807) is 0 Å². The summed E-state index contributed by atoms with van der Waals surface area (Å²) in [4.78, 5) is 11.6. The van der Waals surface area contributed by atoms with Crippen LogP contribution in [0.25, 0.3) is 0 Å². The Balaban J connectivity index is 2.08. The Morgan fingerprint density at radius 2 is 2.29 bits per heavy atom. The van der Waals surface area contributed by atoms with E-state index in [9.17, 15) is 4.79 Å². The lowest BCUT2D eigenvalue weighted by Crippen LogP contribution is -2.30. The van der Waals surface area contributed by atoms with Gasteiger partial charge in [-0.1, -0.05) is 26.2 Å². The van der Waals surface area contributed by atoms with Crippen molar-refractivity contribution in [1.29, 1.82) is 0 Å². The Hall–Kier alpha value is -0.640. The predicted molar refractivity (Wildman–Crippen MR) is 73.0 cm³/mol. The summed E-state index contributed by atoms with van der Waals surface area (Å²) < 4.78 is 5.43. The Labute approximate surface area is 109 Å². The first-order valence-electron chi connectivity index (χ1n) is 6.67. The summed E-state index contributed by atoms with van der Waals surface area (Å²) in [7, 11) is 0. The van der Waals surface area contributed by atoms with Gasteiger partial charge in [-0.05, 0) is 31.5 Å². The Kier molecular flexibility index (Phi) is 7.17. The molecule has 0 amide bonds. The molecule has 0 spiro atoms. The monoisotopic (exact) mass is 257 g/mol. The number of thiocarbonyl (C=S) groups is 1. The summed E-state index contributed by atoms with van der Waals surface area (Å²) in [6.07, 6.45) is 7.36. The first kappa shape index (κ1) is 14.4. The first-order chi connectivity index (χ1) is 8.24. The fourth-order valence-electron chi connectivity index (χ4n) is 2.02. The van der Waals surface area contributed by atoms with Gasteiger partial charge in [-0.2, -0.15) is 0 Å². The van der Waals surface area contributed by atoms with Gasteiger partial charge in [0.25, 0.3) is 5.17 Å². The Morgan fingerprint density at radius 1 is 1.47 bits per heavy atom. The van der Waals surface area contributed by atoms with Crippen LogP contribution in [0.5, 0.6) is 0 Å². The normalized spacial score (nSPS) is 20.1. The van der Waals surface area contributed by atoms with Crippen molar-refractivity contribution in [2.75, 3.05) is 13.2 Å². The number of ketones is 1. The van der Waals surface area contributed by atoms with Crippen LogP contribution in [0.4, 0.5) is 0 Å². The second-order valence-corrected chi connectivity index (χ2v) is 5.01. The molecule has 0 saturated heterocycles. The summed E-state index contributed by atoms with van der Waals surface area (Å²) in [6.45, 7) is 3.49. The summed E-state index contributed by atoms with van der Waals surface area (Å²) in [5.41, 5.74) is 0. The van der Waals surface area contributed by atoms with E-state index in [4.69, 9.17) is 17.0 Å². The van der Waals surface area contributed by atoms with Crippen LogP contribution in [0, 0.1) is 5.92 Å². The minimum absolute atomic E-state index is 0.0686. The smallest absolute Gasteiger partial charge is 0.256 e. The lowest BCUT2D eigenvalue weighted by molar-refractivity contribution is -0.125. The first-order valence-corrected chi connectivity index (χ1v) is 7.08. The summed E-state index contributed by atoms with van der Waals surface area (Å²) >= 11 is 5.07. The molecule has 1 aliphatic carbocycles. The van der Waals surface area contributed by atoms with Gasteiger partial charge in [-0.3, -0.25) is 4.79 Å². The number of Topliss-reactive ketones (excluding diaryl/α,β-unsaturated/α-hetero) is 1. The lowest BCUT2D eigenvalue weighted by atomic mass is 9.89. The van der Waals surface area contributed by atoms with Gasteiger partial charge in [0.1, 0.15) is 12.4 Å². The van der Waals surface area contributed by atoms with Gasteiger partial charge in [0, 0.05) is 13.0 Å². The second-order valence-electron chi connectivity index (χ2n) is 4.64. The highest BCUT2D eigenvalue weighted by Gasteiger charge is 2.22. The summed E-state index contributed by atoms with van der Waals surface area (Å²) in [5, 5.41) is 3.51. The molecular weight excluding hydrogens is 234 g/mol. The van der Waals surface area contributed by atoms with Crippen LogP contribution >= 0.6 is 12.2 Å². The maximum atomic E-state index is 11.6. The third-order valence-electron chi connectivity index (χ3n) is 3.15. The second kappa shape index (κ2) is 8.45. The average molecular weight is 257 g/mol. The number of hydrogen-bond donors (Lipinski definition) is 1. The molecule has 1 rings (SSSR count). The van der Waals surface area contributed by atoms with Gasteiger partial charge in [-0.25, -0.2) is 0 Å². The van der Waals surface area contributed by atoms with E-state index in [1.165, 1.54) is 12.8 Å². The molecule has 3 nitrogen and oxygen atoms in total. The molecular formula is C13H23NO2S. The van der Waals surface area contributed by atoms with Crippen LogP contribution in [0.1, 0.15) is 51.9 Å².